The summed E-state index contributed by atoms with van der Waals surface area (Å²) in [5.74, 6) is -0.978. The number of rotatable bonds is 5. The first kappa shape index (κ1) is 13.4. The zero-order valence-electron chi connectivity index (χ0n) is 9.54. The molecule has 0 saturated heterocycles. The molecule has 0 aliphatic heterocycles. The quantitative estimate of drug-likeness (QED) is 0.410. The van der Waals surface area contributed by atoms with Crippen molar-refractivity contribution < 1.29 is 14.8 Å². The summed E-state index contributed by atoms with van der Waals surface area (Å²) in [6.45, 7) is 0. The lowest BCUT2D eigenvalue weighted by molar-refractivity contribution is -0.117. The fraction of sp³-hybridized carbons (Fsp3) is 0.0833. The molecule has 0 spiro atoms. The molecule has 2 amide bonds. The van der Waals surface area contributed by atoms with E-state index < -0.39 is 11.8 Å². The summed E-state index contributed by atoms with van der Waals surface area (Å²) in [6, 6.07) is 6.99. The van der Waals surface area contributed by atoms with Crippen molar-refractivity contribution in [3.63, 3.8) is 0 Å². The van der Waals surface area contributed by atoms with E-state index in [0.29, 0.717) is 5.69 Å². The summed E-state index contributed by atoms with van der Waals surface area (Å²) in [5.41, 5.74) is 6.28. The van der Waals surface area contributed by atoms with E-state index >= 15 is 0 Å². The molecule has 0 aliphatic rings. The standard InChI is InChI=1S/C12H13N3O3/c13-11(16)7-3-5-9-4-1-2-6-10(9)15-12(17)8-14-18/h1-6,8,18H,7H2,(H2,13,16)(H,15,17). The molecule has 6 heteroatoms. The molecule has 1 rings (SSSR count). The van der Waals surface area contributed by atoms with E-state index in [4.69, 9.17) is 10.9 Å². The molecule has 18 heavy (non-hydrogen) atoms. The number of nitrogens with two attached hydrogens (primary N) is 1. The van der Waals surface area contributed by atoms with Gasteiger partial charge in [0.1, 0.15) is 6.21 Å². The van der Waals surface area contributed by atoms with Crippen LogP contribution in [0.2, 0.25) is 0 Å². The van der Waals surface area contributed by atoms with Gasteiger partial charge < -0.3 is 16.3 Å². The van der Waals surface area contributed by atoms with Gasteiger partial charge in [-0.25, -0.2) is 0 Å². The smallest absolute Gasteiger partial charge is 0.270 e. The van der Waals surface area contributed by atoms with Crippen LogP contribution >= 0.6 is 0 Å². The third kappa shape index (κ3) is 4.48. The molecule has 0 fully saturated rings. The van der Waals surface area contributed by atoms with Gasteiger partial charge in [0.2, 0.25) is 5.91 Å². The van der Waals surface area contributed by atoms with Crippen LogP contribution in [-0.2, 0) is 9.59 Å². The van der Waals surface area contributed by atoms with Crippen LogP contribution in [0.15, 0.2) is 35.5 Å². The number of hydrogen-bond acceptors (Lipinski definition) is 4. The number of nitrogens with zero attached hydrogens (tertiary/aromatic N) is 1. The number of carbonyl (C=O) groups is 2. The summed E-state index contributed by atoms with van der Waals surface area (Å²) in [6.07, 6.45) is 4.16. The van der Waals surface area contributed by atoms with Gasteiger partial charge in [-0.15, -0.1) is 0 Å². The number of oxime groups is 1. The Morgan fingerprint density at radius 2 is 2.11 bits per heavy atom. The molecule has 0 aliphatic carbocycles. The average Bonchev–Trinajstić information content (AvgIpc) is 2.31. The summed E-state index contributed by atoms with van der Waals surface area (Å²) in [4.78, 5) is 21.8. The molecule has 0 bridgehead atoms. The van der Waals surface area contributed by atoms with E-state index in [0.717, 1.165) is 11.8 Å². The van der Waals surface area contributed by atoms with Crippen molar-refractivity contribution in [1.82, 2.24) is 0 Å². The zero-order chi connectivity index (χ0) is 13.4. The van der Waals surface area contributed by atoms with Gasteiger partial charge >= 0.3 is 0 Å². The summed E-state index contributed by atoms with van der Waals surface area (Å²) in [7, 11) is 0. The highest BCUT2D eigenvalue weighted by molar-refractivity contribution is 6.31. The molecule has 1 aromatic carbocycles. The summed E-state index contributed by atoms with van der Waals surface area (Å²) >= 11 is 0. The third-order valence-corrected chi connectivity index (χ3v) is 2.01. The first-order valence-electron chi connectivity index (χ1n) is 5.15. The summed E-state index contributed by atoms with van der Waals surface area (Å²) in [5, 5.41) is 13.4. The molecule has 6 nitrogen and oxygen atoms in total. The Morgan fingerprint density at radius 1 is 1.39 bits per heavy atom. The topological polar surface area (TPSA) is 105 Å². The van der Waals surface area contributed by atoms with E-state index in [2.05, 4.69) is 10.5 Å². The minimum atomic E-state index is -0.548. The monoisotopic (exact) mass is 247 g/mol. The van der Waals surface area contributed by atoms with Crippen LogP contribution in [0.3, 0.4) is 0 Å². The lowest BCUT2D eigenvalue weighted by atomic mass is 10.1. The molecular formula is C12H13N3O3. The Labute approximate surface area is 104 Å². The van der Waals surface area contributed by atoms with Crippen LogP contribution in [0, 0.1) is 0 Å². The molecule has 1 aromatic rings. The number of amides is 2. The maximum atomic E-state index is 11.2. The number of hydrogen-bond donors (Lipinski definition) is 3. The molecule has 0 unspecified atom stereocenters. The van der Waals surface area contributed by atoms with Crippen molar-refractivity contribution in [1.29, 1.82) is 0 Å². The second-order valence-electron chi connectivity index (χ2n) is 3.39. The average molecular weight is 247 g/mol. The fourth-order valence-electron chi connectivity index (χ4n) is 1.28. The summed E-state index contributed by atoms with van der Waals surface area (Å²) < 4.78 is 0. The van der Waals surface area contributed by atoms with Crippen LogP contribution in [0.4, 0.5) is 5.69 Å². The predicted octanol–water partition coefficient (Wildman–Crippen LogP) is 0.974. The van der Waals surface area contributed by atoms with Gasteiger partial charge in [-0.05, 0) is 11.6 Å². The van der Waals surface area contributed by atoms with E-state index in [9.17, 15) is 9.59 Å². The van der Waals surface area contributed by atoms with Gasteiger partial charge in [0.05, 0.1) is 0 Å². The van der Waals surface area contributed by atoms with E-state index in [1.807, 2.05) is 0 Å². The second-order valence-corrected chi connectivity index (χ2v) is 3.39. The van der Waals surface area contributed by atoms with Crippen LogP contribution in [0.1, 0.15) is 12.0 Å². The fourth-order valence-corrected chi connectivity index (χ4v) is 1.28. The first-order chi connectivity index (χ1) is 8.63. The molecule has 0 aromatic heterocycles. The molecule has 4 N–H and O–H groups in total. The molecule has 0 saturated carbocycles. The predicted molar refractivity (Wildman–Crippen MR) is 68.2 cm³/mol. The van der Waals surface area contributed by atoms with Crippen molar-refractivity contribution in [2.75, 3.05) is 5.32 Å². The number of para-hydroxylation sites is 1. The van der Waals surface area contributed by atoms with Crippen molar-refractivity contribution in [2.24, 2.45) is 10.9 Å². The molecule has 0 heterocycles. The van der Waals surface area contributed by atoms with Gasteiger partial charge in [0, 0.05) is 12.1 Å². The van der Waals surface area contributed by atoms with Gasteiger partial charge in [-0.3, -0.25) is 9.59 Å². The van der Waals surface area contributed by atoms with Crippen LogP contribution in [-0.4, -0.2) is 23.2 Å². The van der Waals surface area contributed by atoms with Crippen LogP contribution in [0.25, 0.3) is 6.08 Å². The van der Waals surface area contributed by atoms with Crippen LogP contribution in [0.5, 0.6) is 0 Å². The van der Waals surface area contributed by atoms with Crippen molar-refractivity contribution in [3.05, 3.63) is 35.9 Å². The number of anilines is 1. The Hall–Kier alpha value is -2.63. The zero-order valence-corrected chi connectivity index (χ0v) is 9.54. The highest BCUT2D eigenvalue weighted by Gasteiger charge is 2.02. The van der Waals surface area contributed by atoms with Crippen LogP contribution < -0.4 is 11.1 Å². The van der Waals surface area contributed by atoms with Crippen molar-refractivity contribution in [2.45, 2.75) is 6.42 Å². The maximum Gasteiger partial charge on any atom is 0.270 e. The van der Waals surface area contributed by atoms with E-state index in [1.54, 1.807) is 36.4 Å². The number of nitrogens with one attached hydrogen (secondary N) is 1. The van der Waals surface area contributed by atoms with Gasteiger partial charge in [0.15, 0.2) is 0 Å². The molecule has 0 atom stereocenters. The third-order valence-electron chi connectivity index (χ3n) is 2.01. The Bertz CT molecular complexity index is 495. The highest BCUT2D eigenvalue weighted by Crippen LogP contribution is 2.16. The minimum absolute atomic E-state index is 0.125. The van der Waals surface area contributed by atoms with Gasteiger partial charge in [0.25, 0.3) is 5.91 Å². The molecular weight excluding hydrogens is 234 g/mol. The van der Waals surface area contributed by atoms with E-state index in [-0.39, 0.29) is 6.42 Å². The second kappa shape index (κ2) is 6.85. The van der Waals surface area contributed by atoms with Crippen molar-refractivity contribution >= 4 is 29.8 Å². The SMILES string of the molecule is NC(=O)CC=Cc1ccccc1NC(=O)C=NO. The normalized spacial score (nSPS) is 10.9. The molecule has 0 radical (unpaired) electrons. The lowest BCUT2D eigenvalue weighted by Gasteiger charge is -2.05. The number of benzene rings is 1. The van der Waals surface area contributed by atoms with Gasteiger partial charge in [-0.1, -0.05) is 35.5 Å². The minimum Gasteiger partial charge on any atom is -0.411 e. The van der Waals surface area contributed by atoms with Gasteiger partial charge in [-0.2, -0.15) is 0 Å². The lowest BCUT2D eigenvalue weighted by Crippen LogP contribution is -2.13. The maximum absolute atomic E-state index is 11.2. The molecule has 94 valence electrons. The number of primary amides is 1. The first-order valence-corrected chi connectivity index (χ1v) is 5.15. The van der Waals surface area contributed by atoms with Crippen molar-refractivity contribution in [3.8, 4) is 0 Å². The Balaban J connectivity index is 2.82. The largest absolute Gasteiger partial charge is 0.411 e. The number of carbonyl (C=O) groups excluding carboxylic acids is 2. The Kier molecular flexibility index (Phi) is 5.11. The van der Waals surface area contributed by atoms with E-state index in [1.165, 1.54) is 0 Å². The Morgan fingerprint density at radius 3 is 2.78 bits per heavy atom. The highest BCUT2D eigenvalue weighted by atomic mass is 16.4.